The Morgan fingerprint density at radius 1 is 1.14 bits per heavy atom. The number of halogens is 1. The Morgan fingerprint density at radius 3 is 2.50 bits per heavy atom. The minimum Gasteiger partial charge on any atom is -0.497 e. The fourth-order valence-electron chi connectivity index (χ4n) is 3.51. The van der Waals surface area contributed by atoms with Crippen LogP contribution in [0, 0.1) is 0 Å². The fraction of sp³-hybridized carbons (Fsp3) is 0.476. The van der Waals surface area contributed by atoms with Crippen LogP contribution in [0.4, 0.5) is 0 Å². The highest BCUT2D eigenvalue weighted by Gasteiger charge is 2.34. The molecule has 1 aliphatic rings. The molecule has 0 aliphatic carbocycles. The Balaban J connectivity index is 0.00000280. The normalized spacial score (nSPS) is 16.1. The molecule has 1 aliphatic heterocycles. The highest BCUT2D eigenvalue weighted by Crippen LogP contribution is 2.35. The number of furan rings is 1. The Labute approximate surface area is 184 Å². The van der Waals surface area contributed by atoms with E-state index >= 15 is 0 Å². The van der Waals surface area contributed by atoms with Gasteiger partial charge >= 0.3 is 0 Å². The van der Waals surface area contributed by atoms with Crippen LogP contribution < -0.4 is 15.4 Å². The zero-order valence-corrected chi connectivity index (χ0v) is 18.9. The van der Waals surface area contributed by atoms with Crippen LogP contribution in [0.2, 0.25) is 0 Å². The molecule has 0 radical (unpaired) electrons. The zero-order valence-electron chi connectivity index (χ0n) is 16.6. The van der Waals surface area contributed by atoms with Gasteiger partial charge in [-0.05, 0) is 42.7 Å². The Bertz CT molecular complexity index is 711. The first-order valence-corrected chi connectivity index (χ1v) is 9.45. The van der Waals surface area contributed by atoms with Gasteiger partial charge in [0.05, 0.1) is 13.4 Å². The number of hydrogen-bond donors (Lipinski definition) is 2. The van der Waals surface area contributed by atoms with Crippen molar-refractivity contribution in [1.29, 1.82) is 0 Å². The number of nitrogens with zero attached hydrogens (tertiary/aromatic N) is 1. The molecule has 0 amide bonds. The predicted octanol–water partition coefficient (Wildman–Crippen LogP) is 3.36. The SMILES string of the molecule is CN=C(NCCc1ccco1)NCC1(c2ccc(OC)cc2)CCOCC1.I. The highest BCUT2D eigenvalue weighted by molar-refractivity contribution is 14.0. The van der Waals surface area contributed by atoms with E-state index < -0.39 is 0 Å². The van der Waals surface area contributed by atoms with Crippen LogP contribution in [0.1, 0.15) is 24.2 Å². The van der Waals surface area contributed by atoms with E-state index in [0.717, 1.165) is 63.0 Å². The molecule has 1 saturated heterocycles. The monoisotopic (exact) mass is 499 g/mol. The molecule has 28 heavy (non-hydrogen) atoms. The number of hydrogen-bond acceptors (Lipinski definition) is 4. The third-order valence-electron chi connectivity index (χ3n) is 5.21. The van der Waals surface area contributed by atoms with Gasteiger partial charge in [0.2, 0.25) is 0 Å². The summed E-state index contributed by atoms with van der Waals surface area (Å²) in [6, 6.07) is 12.3. The quantitative estimate of drug-likeness (QED) is 0.348. The van der Waals surface area contributed by atoms with Gasteiger partial charge in [-0.1, -0.05) is 12.1 Å². The van der Waals surface area contributed by atoms with Crippen LogP contribution in [0.15, 0.2) is 52.1 Å². The van der Waals surface area contributed by atoms with E-state index in [9.17, 15) is 0 Å². The van der Waals surface area contributed by atoms with Crippen molar-refractivity contribution >= 4 is 29.9 Å². The third kappa shape index (κ3) is 5.88. The zero-order chi connectivity index (χ0) is 19.0. The van der Waals surface area contributed by atoms with Crippen molar-refractivity contribution in [3.63, 3.8) is 0 Å². The molecule has 0 bridgehead atoms. The maximum Gasteiger partial charge on any atom is 0.191 e. The van der Waals surface area contributed by atoms with Crippen molar-refractivity contribution in [2.24, 2.45) is 4.99 Å². The number of benzene rings is 1. The van der Waals surface area contributed by atoms with Crippen LogP contribution >= 0.6 is 24.0 Å². The summed E-state index contributed by atoms with van der Waals surface area (Å²) >= 11 is 0. The van der Waals surface area contributed by atoms with Gasteiger partial charge in [0, 0.05) is 45.2 Å². The molecule has 1 aromatic heterocycles. The summed E-state index contributed by atoms with van der Waals surface area (Å²) in [6.45, 7) is 3.13. The summed E-state index contributed by atoms with van der Waals surface area (Å²) in [5.74, 6) is 2.65. The molecule has 6 nitrogen and oxygen atoms in total. The standard InChI is InChI=1S/C21H29N3O3.HI/c1-22-20(23-12-9-19-4-3-13-27-19)24-16-21(10-14-26-15-11-21)17-5-7-18(25-2)8-6-17;/h3-8,13H,9-12,14-16H2,1-2H3,(H2,22,23,24);1H. The van der Waals surface area contributed by atoms with E-state index in [-0.39, 0.29) is 29.4 Å². The third-order valence-corrected chi connectivity index (χ3v) is 5.21. The summed E-state index contributed by atoms with van der Waals surface area (Å²) in [7, 11) is 3.49. The van der Waals surface area contributed by atoms with E-state index in [0.29, 0.717) is 0 Å². The lowest BCUT2D eigenvalue weighted by Crippen LogP contribution is -2.48. The number of aliphatic imine (C=N–C) groups is 1. The van der Waals surface area contributed by atoms with Gasteiger partial charge in [-0.2, -0.15) is 0 Å². The van der Waals surface area contributed by atoms with Crippen molar-refractivity contribution in [3.05, 3.63) is 54.0 Å². The lowest BCUT2D eigenvalue weighted by atomic mass is 9.74. The summed E-state index contributed by atoms with van der Waals surface area (Å²) in [5, 5.41) is 6.87. The van der Waals surface area contributed by atoms with E-state index in [2.05, 4.69) is 27.8 Å². The molecule has 154 valence electrons. The molecule has 2 heterocycles. The second-order valence-electron chi connectivity index (χ2n) is 6.80. The van der Waals surface area contributed by atoms with Crippen LogP contribution in [-0.2, 0) is 16.6 Å². The molecule has 0 atom stereocenters. The molecular formula is C21H30IN3O3. The lowest BCUT2D eigenvalue weighted by Gasteiger charge is -2.38. The number of ether oxygens (including phenoxy) is 2. The highest BCUT2D eigenvalue weighted by atomic mass is 127. The molecule has 0 saturated carbocycles. The van der Waals surface area contributed by atoms with Crippen LogP contribution in [-0.4, -0.2) is 46.4 Å². The topological polar surface area (TPSA) is 68.0 Å². The number of rotatable bonds is 7. The molecular weight excluding hydrogens is 469 g/mol. The summed E-state index contributed by atoms with van der Waals surface area (Å²) in [4.78, 5) is 4.36. The van der Waals surface area contributed by atoms with Gasteiger partial charge < -0.3 is 24.5 Å². The summed E-state index contributed by atoms with van der Waals surface area (Å²) in [6.07, 6.45) is 4.49. The first-order chi connectivity index (χ1) is 13.3. The molecule has 7 heteroatoms. The molecule has 3 rings (SSSR count). The van der Waals surface area contributed by atoms with E-state index in [1.807, 2.05) is 24.3 Å². The smallest absolute Gasteiger partial charge is 0.191 e. The van der Waals surface area contributed by atoms with E-state index in [1.54, 1.807) is 20.4 Å². The minimum absolute atomic E-state index is 0. The van der Waals surface area contributed by atoms with Crippen molar-refractivity contribution in [3.8, 4) is 5.75 Å². The first kappa shape index (κ1) is 22.5. The first-order valence-electron chi connectivity index (χ1n) is 9.45. The number of nitrogens with one attached hydrogen (secondary N) is 2. The Kier molecular flexibility index (Phi) is 9.11. The van der Waals surface area contributed by atoms with Gasteiger partial charge in [-0.15, -0.1) is 24.0 Å². The Hall–Kier alpha value is -1.74. The summed E-state index contributed by atoms with van der Waals surface area (Å²) in [5.41, 5.74) is 1.34. The van der Waals surface area contributed by atoms with Crippen LogP contribution in [0.25, 0.3) is 0 Å². The predicted molar refractivity (Wildman–Crippen MR) is 122 cm³/mol. The molecule has 2 N–H and O–H groups in total. The van der Waals surface area contributed by atoms with Gasteiger partial charge in [0.15, 0.2) is 5.96 Å². The van der Waals surface area contributed by atoms with Gasteiger partial charge in [0.25, 0.3) is 0 Å². The molecule has 1 aromatic carbocycles. The van der Waals surface area contributed by atoms with Crippen LogP contribution in [0.5, 0.6) is 5.75 Å². The Morgan fingerprint density at radius 2 is 1.89 bits per heavy atom. The van der Waals surface area contributed by atoms with E-state index in [4.69, 9.17) is 13.9 Å². The van der Waals surface area contributed by atoms with Crippen LogP contribution in [0.3, 0.4) is 0 Å². The molecule has 0 unspecified atom stereocenters. The summed E-state index contributed by atoms with van der Waals surface area (Å²) < 4.78 is 16.3. The second kappa shape index (κ2) is 11.3. The fourth-order valence-corrected chi connectivity index (χ4v) is 3.51. The van der Waals surface area contributed by atoms with Crippen molar-refractivity contribution < 1.29 is 13.9 Å². The number of guanidine groups is 1. The van der Waals surface area contributed by atoms with Crippen molar-refractivity contribution in [2.75, 3.05) is 40.5 Å². The van der Waals surface area contributed by atoms with Crippen molar-refractivity contribution in [2.45, 2.75) is 24.7 Å². The maximum atomic E-state index is 5.62. The van der Waals surface area contributed by atoms with Gasteiger partial charge in [-0.25, -0.2) is 0 Å². The lowest BCUT2D eigenvalue weighted by molar-refractivity contribution is 0.0513. The second-order valence-corrected chi connectivity index (χ2v) is 6.80. The number of methoxy groups -OCH3 is 1. The molecule has 0 spiro atoms. The molecule has 2 aromatic rings. The molecule has 1 fully saturated rings. The largest absolute Gasteiger partial charge is 0.497 e. The average Bonchev–Trinajstić information content (AvgIpc) is 3.25. The maximum absolute atomic E-state index is 5.62. The van der Waals surface area contributed by atoms with Gasteiger partial charge in [0.1, 0.15) is 11.5 Å². The van der Waals surface area contributed by atoms with Gasteiger partial charge in [-0.3, -0.25) is 4.99 Å². The van der Waals surface area contributed by atoms with Crippen molar-refractivity contribution in [1.82, 2.24) is 10.6 Å². The minimum atomic E-state index is 0. The van der Waals surface area contributed by atoms with E-state index in [1.165, 1.54) is 5.56 Å². The average molecular weight is 499 g/mol.